The molecule has 0 spiro atoms. The van der Waals surface area contributed by atoms with Crippen molar-refractivity contribution in [3.63, 3.8) is 0 Å². The minimum Gasteiger partial charge on any atom is -0.350 e. The van der Waals surface area contributed by atoms with Crippen LogP contribution in [0, 0.1) is 23.2 Å². The van der Waals surface area contributed by atoms with Gasteiger partial charge in [-0.15, -0.1) is 0 Å². The molecule has 2 saturated heterocycles. The minimum absolute atomic E-state index is 0.0645. The van der Waals surface area contributed by atoms with Crippen LogP contribution in [0.2, 0.25) is 0 Å². The molecule has 1 N–H and O–H groups in total. The Balaban J connectivity index is 1.28. The van der Waals surface area contributed by atoms with E-state index >= 15 is 0 Å². The van der Waals surface area contributed by atoms with Gasteiger partial charge in [-0.3, -0.25) is 4.79 Å². The zero-order valence-corrected chi connectivity index (χ0v) is 19.4. The molecule has 1 saturated carbocycles. The van der Waals surface area contributed by atoms with E-state index in [0.29, 0.717) is 24.9 Å². The van der Waals surface area contributed by atoms with Crippen LogP contribution in [0.25, 0.3) is 10.9 Å². The number of carbonyl (C=O) groups excluding carboxylic acids is 2. The van der Waals surface area contributed by atoms with Gasteiger partial charge in [0, 0.05) is 61.9 Å². The number of hydrogen-bond donors (Lipinski definition) is 1. The molecule has 2 aromatic rings. The molecule has 1 aromatic heterocycles. The highest BCUT2D eigenvalue weighted by molar-refractivity contribution is 5.94. The summed E-state index contributed by atoms with van der Waals surface area (Å²) in [5.74, 6) is 0.978. The zero-order chi connectivity index (χ0) is 22.9. The van der Waals surface area contributed by atoms with Crippen LogP contribution in [0.4, 0.5) is 10.5 Å². The molecule has 2 aliphatic heterocycles. The first-order valence-corrected chi connectivity index (χ1v) is 12.4. The fourth-order valence-electron chi connectivity index (χ4n) is 5.92. The van der Waals surface area contributed by atoms with Gasteiger partial charge in [0.25, 0.3) is 0 Å². The van der Waals surface area contributed by atoms with E-state index in [1.165, 1.54) is 23.8 Å². The highest BCUT2D eigenvalue weighted by atomic mass is 16.2. The van der Waals surface area contributed by atoms with Gasteiger partial charge in [0.1, 0.15) is 0 Å². The predicted molar refractivity (Wildman–Crippen MR) is 128 cm³/mol. The van der Waals surface area contributed by atoms with Gasteiger partial charge in [0.2, 0.25) is 5.91 Å². The number of amides is 3. The molecule has 1 aromatic carbocycles. The normalized spacial score (nSPS) is 22.1. The third kappa shape index (κ3) is 4.31. The molecular weight excluding hydrogens is 414 g/mol. The number of hydrogen-bond acceptors (Lipinski definition) is 3. The van der Waals surface area contributed by atoms with E-state index in [9.17, 15) is 9.59 Å². The Hall–Kier alpha value is -3.01. The van der Waals surface area contributed by atoms with Crippen molar-refractivity contribution < 1.29 is 9.59 Å². The third-order valence-corrected chi connectivity index (χ3v) is 7.88. The van der Waals surface area contributed by atoms with E-state index in [0.717, 1.165) is 56.4 Å². The molecule has 1 aliphatic carbocycles. The topological polar surface area (TPSA) is 81.4 Å². The van der Waals surface area contributed by atoms with Crippen LogP contribution < -0.4 is 5.32 Å². The van der Waals surface area contributed by atoms with Gasteiger partial charge in [-0.25, -0.2) is 4.79 Å². The SMILES string of the molecule is Cn1cc(C2CCN(C(=O)C3CCCC3)CC2)c2cc(NC(=O)N3CC[C@H](C#N)C3)ccc21. The Kier molecular flexibility index (Phi) is 6.01. The summed E-state index contributed by atoms with van der Waals surface area (Å²) in [7, 11) is 2.06. The summed E-state index contributed by atoms with van der Waals surface area (Å²) in [6.45, 7) is 2.80. The number of likely N-dealkylation sites (tertiary alicyclic amines) is 2. The van der Waals surface area contributed by atoms with Gasteiger partial charge in [-0.2, -0.15) is 5.26 Å². The number of nitrogens with zero attached hydrogens (tertiary/aromatic N) is 4. The number of fused-ring (bicyclic) bond motifs is 1. The standard InChI is InChI=1S/C26H33N5O2/c1-29-17-23(19-9-12-30(13-10-19)25(32)20-4-2-3-5-20)22-14-21(6-7-24(22)29)28-26(33)31-11-8-18(15-27)16-31/h6-7,14,17-20H,2-5,8-13,16H2,1H3,(H,28,33)/t18-/m1/s1. The molecule has 7 heteroatoms. The largest absolute Gasteiger partial charge is 0.350 e. The van der Waals surface area contributed by atoms with Crippen molar-refractivity contribution in [3.8, 4) is 6.07 Å². The number of anilines is 1. The van der Waals surface area contributed by atoms with Crippen molar-refractivity contribution in [1.82, 2.24) is 14.4 Å². The third-order valence-electron chi connectivity index (χ3n) is 7.88. The number of rotatable bonds is 3. The fraction of sp³-hybridized carbons (Fsp3) is 0.577. The Morgan fingerprint density at radius 1 is 1.03 bits per heavy atom. The molecule has 3 aliphatic rings. The summed E-state index contributed by atoms with van der Waals surface area (Å²) in [4.78, 5) is 29.3. The Bertz CT molecular complexity index is 1090. The number of urea groups is 1. The van der Waals surface area contributed by atoms with Gasteiger partial charge in [-0.05, 0) is 61.8 Å². The quantitative estimate of drug-likeness (QED) is 0.755. The van der Waals surface area contributed by atoms with Gasteiger partial charge in [0.05, 0.1) is 12.0 Å². The van der Waals surface area contributed by atoms with Gasteiger partial charge < -0.3 is 19.7 Å². The molecule has 0 radical (unpaired) electrons. The maximum Gasteiger partial charge on any atom is 0.321 e. The van der Waals surface area contributed by atoms with E-state index in [4.69, 9.17) is 5.26 Å². The van der Waals surface area contributed by atoms with Crippen LogP contribution >= 0.6 is 0 Å². The summed E-state index contributed by atoms with van der Waals surface area (Å²) >= 11 is 0. The van der Waals surface area contributed by atoms with Crippen LogP contribution in [-0.4, -0.2) is 52.5 Å². The number of piperidine rings is 1. The summed E-state index contributed by atoms with van der Waals surface area (Å²) in [5, 5.41) is 13.3. The van der Waals surface area contributed by atoms with Crippen LogP contribution in [0.5, 0.6) is 0 Å². The van der Waals surface area contributed by atoms with Gasteiger partial charge in [0.15, 0.2) is 0 Å². The minimum atomic E-state index is -0.136. The van der Waals surface area contributed by atoms with Crippen LogP contribution in [-0.2, 0) is 11.8 Å². The molecule has 33 heavy (non-hydrogen) atoms. The lowest BCUT2D eigenvalue weighted by molar-refractivity contribution is -0.136. The lowest BCUT2D eigenvalue weighted by atomic mass is 9.88. The smallest absolute Gasteiger partial charge is 0.321 e. The van der Waals surface area contributed by atoms with E-state index in [1.807, 2.05) is 6.07 Å². The Morgan fingerprint density at radius 2 is 1.76 bits per heavy atom. The van der Waals surface area contributed by atoms with Crippen molar-refractivity contribution >= 4 is 28.5 Å². The second kappa shape index (κ2) is 9.09. The number of aryl methyl sites for hydroxylation is 1. The average molecular weight is 448 g/mol. The first kappa shape index (κ1) is 21.8. The number of benzene rings is 1. The van der Waals surface area contributed by atoms with Crippen molar-refractivity contribution in [3.05, 3.63) is 30.0 Å². The van der Waals surface area contributed by atoms with E-state index in [1.54, 1.807) is 4.90 Å². The fourth-order valence-corrected chi connectivity index (χ4v) is 5.92. The Labute approximate surface area is 195 Å². The number of aromatic nitrogens is 1. The Morgan fingerprint density at radius 3 is 2.45 bits per heavy atom. The van der Waals surface area contributed by atoms with E-state index in [2.05, 4.69) is 46.2 Å². The monoisotopic (exact) mass is 447 g/mol. The highest BCUT2D eigenvalue weighted by Gasteiger charge is 2.31. The molecular formula is C26H33N5O2. The van der Waals surface area contributed by atoms with E-state index in [-0.39, 0.29) is 17.9 Å². The van der Waals surface area contributed by atoms with Crippen molar-refractivity contribution in [2.75, 3.05) is 31.5 Å². The average Bonchev–Trinajstić information content (AvgIpc) is 3.59. The summed E-state index contributed by atoms with van der Waals surface area (Å²) in [5.41, 5.74) is 3.25. The van der Waals surface area contributed by atoms with Crippen molar-refractivity contribution in [2.24, 2.45) is 18.9 Å². The number of nitriles is 1. The van der Waals surface area contributed by atoms with Gasteiger partial charge in [-0.1, -0.05) is 12.8 Å². The van der Waals surface area contributed by atoms with Gasteiger partial charge >= 0.3 is 6.03 Å². The van der Waals surface area contributed by atoms with E-state index < -0.39 is 0 Å². The number of carbonyl (C=O) groups is 2. The zero-order valence-electron chi connectivity index (χ0n) is 19.4. The molecule has 3 heterocycles. The molecule has 0 unspecified atom stereocenters. The lowest BCUT2D eigenvalue weighted by Gasteiger charge is -2.33. The van der Waals surface area contributed by atoms with Crippen LogP contribution in [0.15, 0.2) is 24.4 Å². The summed E-state index contributed by atoms with van der Waals surface area (Å²) < 4.78 is 2.16. The van der Waals surface area contributed by atoms with Crippen LogP contribution in [0.3, 0.4) is 0 Å². The number of nitrogens with one attached hydrogen (secondary N) is 1. The molecule has 174 valence electrons. The molecule has 3 amide bonds. The summed E-state index contributed by atoms with van der Waals surface area (Å²) in [6.07, 6.45) is 9.43. The van der Waals surface area contributed by atoms with Crippen LogP contribution in [0.1, 0.15) is 56.4 Å². The molecule has 3 fully saturated rings. The molecule has 5 rings (SSSR count). The highest BCUT2D eigenvalue weighted by Crippen LogP contribution is 2.36. The maximum absolute atomic E-state index is 12.8. The molecule has 7 nitrogen and oxygen atoms in total. The predicted octanol–water partition coefficient (Wildman–Crippen LogP) is 4.45. The lowest BCUT2D eigenvalue weighted by Crippen LogP contribution is -2.40. The molecule has 0 bridgehead atoms. The van der Waals surface area contributed by atoms with Crippen molar-refractivity contribution in [1.29, 1.82) is 5.26 Å². The maximum atomic E-state index is 12.8. The molecule has 1 atom stereocenters. The second-order valence-electron chi connectivity index (χ2n) is 10.00. The van der Waals surface area contributed by atoms with Crippen molar-refractivity contribution in [2.45, 2.75) is 50.9 Å². The summed E-state index contributed by atoms with van der Waals surface area (Å²) in [6, 6.07) is 8.22. The second-order valence-corrected chi connectivity index (χ2v) is 10.00. The first-order chi connectivity index (χ1) is 16.0. The first-order valence-electron chi connectivity index (χ1n) is 12.4.